The highest BCUT2D eigenvalue weighted by Gasteiger charge is 2.28. The molecule has 1 aliphatic heterocycles. The van der Waals surface area contributed by atoms with Crippen LogP contribution < -0.4 is 10.1 Å². The van der Waals surface area contributed by atoms with Crippen LogP contribution in [0.15, 0.2) is 30.5 Å². The summed E-state index contributed by atoms with van der Waals surface area (Å²) in [5.74, 6) is 1.00. The minimum Gasteiger partial charge on any atom is -0.490 e. The maximum absolute atomic E-state index is 12.9. The number of aromatic nitrogens is 2. The largest absolute Gasteiger partial charge is 0.490 e. The minimum atomic E-state index is -0.0627. The van der Waals surface area contributed by atoms with Crippen molar-refractivity contribution in [2.45, 2.75) is 58.7 Å². The Morgan fingerprint density at radius 2 is 2.17 bits per heavy atom. The zero-order valence-corrected chi connectivity index (χ0v) is 14.7. The number of aryl methyl sites for hydroxylation is 1. The number of carbonyl (C=O) groups excluding carboxylic acids is 1. The first-order valence-electron chi connectivity index (χ1n) is 8.63. The van der Waals surface area contributed by atoms with Crippen LogP contribution in [-0.4, -0.2) is 21.8 Å². The Bertz CT molecular complexity index is 736. The lowest BCUT2D eigenvalue weighted by atomic mass is 9.96. The normalized spacial score (nSPS) is 19.7. The number of nitrogens with zero attached hydrogens (tertiary/aromatic N) is 2. The number of nitrogens with one attached hydrogen (secondary N) is 1. The molecule has 0 unspecified atom stereocenters. The zero-order valence-electron chi connectivity index (χ0n) is 14.7. The zero-order chi connectivity index (χ0) is 17.3. The molecule has 1 aromatic carbocycles. The van der Waals surface area contributed by atoms with Crippen LogP contribution in [0.25, 0.3) is 0 Å². The topological polar surface area (TPSA) is 56.2 Å². The molecule has 5 nitrogen and oxygen atoms in total. The van der Waals surface area contributed by atoms with Crippen molar-refractivity contribution in [2.24, 2.45) is 0 Å². The van der Waals surface area contributed by atoms with E-state index in [0.717, 1.165) is 30.0 Å². The Hall–Kier alpha value is -2.30. The third kappa shape index (κ3) is 3.16. The van der Waals surface area contributed by atoms with E-state index in [2.05, 4.69) is 24.3 Å². The lowest BCUT2D eigenvalue weighted by Gasteiger charge is -2.31. The molecular formula is C19H25N3O2. The van der Waals surface area contributed by atoms with Crippen molar-refractivity contribution in [3.05, 3.63) is 47.3 Å². The van der Waals surface area contributed by atoms with E-state index >= 15 is 0 Å². The van der Waals surface area contributed by atoms with Gasteiger partial charge < -0.3 is 10.1 Å². The van der Waals surface area contributed by atoms with Gasteiger partial charge in [0.15, 0.2) is 0 Å². The smallest absolute Gasteiger partial charge is 0.255 e. The van der Waals surface area contributed by atoms with Gasteiger partial charge in [-0.1, -0.05) is 32.0 Å². The number of benzene rings is 1. The summed E-state index contributed by atoms with van der Waals surface area (Å²) in [6.07, 6.45) is 2.69. The molecular weight excluding hydrogens is 302 g/mol. The highest BCUT2D eigenvalue weighted by Crippen LogP contribution is 2.34. The number of hydrogen-bond acceptors (Lipinski definition) is 3. The Kier molecular flexibility index (Phi) is 4.60. The highest BCUT2D eigenvalue weighted by atomic mass is 16.5. The number of amides is 1. The highest BCUT2D eigenvalue weighted by molar-refractivity contribution is 5.95. The molecule has 3 rings (SSSR count). The van der Waals surface area contributed by atoms with Gasteiger partial charge in [0, 0.05) is 24.7 Å². The van der Waals surface area contributed by atoms with Gasteiger partial charge in [-0.25, -0.2) is 0 Å². The van der Waals surface area contributed by atoms with Gasteiger partial charge >= 0.3 is 0 Å². The summed E-state index contributed by atoms with van der Waals surface area (Å²) in [7, 11) is 0. The summed E-state index contributed by atoms with van der Waals surface area (Å²) in [5, 5.41) is 7.71. The average molecular weight is 327 g/mol. The van der Waals surface area contributed by atoms with E-state index in [1.165, 1.54) is 0 Å². The number of rotatable bonds is 4. The summed E-state index contributed by atoms with van der Waals surface area (Å²) in [4.78, 5) is 12.9. The monoisotopic (exact) mass is 327 g/mol. The molecule has 0 saturated heterocycles. The second-order valence-electron chi connectivity index (χ2n) is 6.67. The van der Waals surface area contributed by atoms with Crippen molar-refractivity contribution in [1.29, 1.82) is 0 Å². The third-order valence-corrected chi connectivity index (χ3v) is 4.40. The molecule has 0 fully saturated rings. The van der Waals surface area contributed by atoms with Gasteiger partial charge in [-0.15, -0.1) is 0 Å². The van der Waals surface area contributed by atoms with Gasteiger partial charge in [0.1, 0.15) is 5.75 Å². The third-order valence-electron chi connectivity index (χ3n) is 4.40. The van der Waals surface area contributed by atoms with Crippen molar-refractivity contribution in [1.82, 2.24) is 15.1 Å². The summed E-state index contributed by atoms with van der Waals surface area (Å²) in [5.41, 5.74) is 2.56. The fourth-order valence-corrected chi connectivity index (χ4v) is 3.17. The molecule has 0 saturated carbocycles. The molecule has 0 aliphatic carbocycles. The minimum absolute atomic E-state index is 0.0394. The number of hydrogen-bond donors (Lipinski definition) is 1. The van der Waals surface area contributed by atoms with Crippen LogP contribution in [0.2, 0.25) is 0 Å². The first-order chi connectivity index (χ1) is 11.5. The quantitative estimate of drug-likeness (QED) is 0.932. The first-order valence-corrected chi connectivity index (χ1v) is 8.63. The van der Waals surface area contributed by atoms with E-state index < -0.39 is 0 Å². The van der Waals surface area contributed by atoms with Gasteiger partial charge in [-0.3, -0.25) is 9.48 Å². The molecule has 1 N–H and O–H groups in total. The van der Waals surface area contributed by atoms with Gasteiger partial charge in [0.25, 0.3) is 5.91 Å². The second-order valence-corrected chi connectivity index (χ2v) is 6.67. The van der Waals surface area contributed by atoms with E-state index in [9.17, 15) is 4.79 Å². The van der Waals surface area contributed by atoms with E-state index in [1.54, 1.807) is 0 Å². The molecule has 0 spiro atoms. The van der Waals surface area contributed by atoms with Gasteiger partial charge in [0.05, 0.1) is 23.4 Å². The molecule has 1 aromatic heterocycles. The Balaban J connectivity index is 1.87. The SMILES string of the molecule is CCn1cc(C(=O)N[C@@H]2C[C@@H](C)Oc3ccccc32)c(C(C)C)n1. The Morgan fingerprint density at radius 1 is 1.42 bits per heavy atom. The summed E-state index contributed by atoms with van der Waals surface area (Å²) < 4.78 is 7.69. The van der Waals surface area contributed by atoms with Crippen LogP contribution in [0.5, 0.6) is 5.75 Å². The van der Waals surface area contributed by atoms with Crippen LogP contribution in [0.3, 0.4) is 0 Å². The van der Waals surface area contributed by atoms with Gasteiger partial charge in [-0.05, 0) is 25.8 Å². The summed E-state index contributed by atoms with van der Waals surface area (Å²) in [6.45, 7) is 8.93. The molecule has 0 bridgehead atoms. The second kappa shape index (κ2) is 6.67. The van der Waals surface area contributed by atoms with Crippen LogP contribution in [0, 0.1) is 0 Å². The van der Waals surface area contributed by atoms with Gasteiger partial charge in [0.2, 0.25) is 0 Å². The maximum atomic E-state index is 12.9. The van der Waals surface area contributed by atoms with E-state index in [4.69, 9.17) is 4.74 Å². The number of carbonyl (C=O) groups is 1. The molecule has 2 aromatic rings. The first kappa shape index (κ1) is 16.6. The molecule has 128 valence electrons. The van der Waals surface area contributed by atoms with Crippen molar-refractivity contribution in [3.8, 4) is 5.75 Å². The fourth-order valence-electron chi connectivity index (χ4n) is 3.17. The number of para-hydroxylation sites is 1. The Labute approximate surface area is 143 Å². The summed E-state index contributed by atoms with van der Waals surface area (Å²) in [6, 6.07) is 7.87. The van der Waals surface area contributed by atoms with Crippen LogP contribution >= 0.6 is 0 Å². The van der Waals surface area contributed by atoms with Crippen LogP contribution in [0.4, 0.5) is 0 Å². The average Bonchev–Trinajstić information content (AvgIpc) is 2.99. The predicted octanol–water partition coefficient (Wildman–Crippen LogP) is 3.67. The lowest BCUT2D eigenvalue weighted by Crippen LogP contribution is -2.35. The van der Waals surface area contributed by atoms with E-state index in [-0.39, 0.29) is 24.0 Å². The molecule has 1 aliphatic rings. The summed E-state index contributed by atoms with van der Waals surface area (Å²) >= 11 is 0. The fraction of sp³-hybridized carbons (Fsp3) is 0.474. The maximum Gasteiger partial charge on any atom is 0.255 e. The van der Waals surface area contributed by atoms with Crippen molar-refractivity contribution >= 4 is 5.91 Å². The molecule has 2 atom stereocenters. The molecule has 2 heterocycles. The molecule has 0 radical (unpaired) electrons. The van der Waals surface area contributed by atoms with E-state index in [0.29, 0.717) is 5.56 Å². The number of ether oxygens (including phenoxy) is 1. The van der Waals surface area contributed by atoms with E-state index in [1.807, 2.05) is 49.0 Å². The van der Waals surface area contributed by atoms with Crippen molar-refractivity contribution in [2.75, 3.05) is 0 Å². The van der Waals surface area contributed by atoms with Crippen molar-refractivity contribution < 1.29 is 9.53 Å². The number of fused-ring (bicyclic) bond motifs is 1. The molecule has 24 heavy (non-hydrogen) atoms. The predicted molar refractivity (Wildman–Crippen MR) is 93.3 cm³/mol. The standard InChI is InChI=1S/C19H25N3O2/c1-5-22-11-15(18(21-22)12(2)3)19(23)20-16-10-13(4)24-17-9-7-6-8-14(16)17/h6-9,11-13,16H,5,10H2,1-4H3,(H,20,23)/t13-,16-/m1/s1. The van der Waals surface area contributed by atoms with Crippen molar-refractivity contribution in [3.63, 3.8) is 0 Å². The Morgan fingerprint density at radius 3 is 2.88 bits per heavy atom. The van der Waals surface area contributed by atoms with Gasteiger partial charge in [-0.2, -0.15) is 5.10 Å². The lowest BCUT2D eigenvalue weighted by molar-refractivity contribution is 0.0905. The van der Waals surface area contributed by atoms with Crippen LogP contribution in [-0.2, 0) is 6.54 Å². The van der Waals surface area contributed by atoms with Crippen LogP contribution in [0.1, 0.15) is 67.7 Å². The molecule has 5 heteroatoms. The molecule has 1 amide bonds.